The van der Waals surface area contributed by atoms with Crippen molar-refractivity contribution in [2.45, 2.75) is 26.1 Å². The summed E-state index contributed by atoms with van der Waals surface area (Å²) >= 11 is 0. The molecule has 0 unspecified atom stereocenters. The first-order valence-corrected chi connectivity index (χ1v) is 9.31. The minimum Gasteiger partial charge on any atom is -0.461 e. The molecular formula is C21H23FN4O3. The van der Waals surface area contributed by atoms with Crippen molar-refractivity contribution in [3.05, 3.63) is 71.2 Å². The summed E-state index contributed by atoms with van der Waals surface area (Å²) in [5.41, 5.74) is 8.35. The maximum absolute atomic E-state index is 13.1. The number of esters is 1. The third-order valence-electron chi connectivity index (χ3n) is 4.47. The Kier molecular flexibility index (Phi) is 6.33. The number of nitrogens with one attached hydrogen (secondary N) is 3. The number of para-hydroxylation sites is 2. The molecule has 8 heteroatoms. The Labute approximate surface area is 168 Å². The van der Waals surface area contributed by atoms with Gasteiger partial charge in [-0.15, -0.1) is 0 Å². The van der Waals surface area contributed by atoms with Gasteiger partial charge in [-0.1, -0.05) is 24.3 Å². The number of hydrogen-bond acceptors (Lipinski definition) is 6. The zero-order valence-corrected chi connectivity index (χ0v) is 16.0. The first-order chi connectivity index (χ1) is 14.0. The molecule has 29 heavy (non-hydrogen) atoms. The van der Waals surface area contributed by atoms with Crippen molar-refractivity contribution in [1.29, 1.82) is 0 Å². The highest BCUT2D eigenvalue weighted by Gasteiger charge is 2.25. The van der Waals surface area contributed by atoms with Crippen LogP contribution in [0.4, 0.5) is 15.8 Å². The molecule has 0 radical (unpaired) electrons. The Bertz CT molecular complexity index is 903. The Morgan fingerprint density at radius 1 is 1.10 bits per heavy atom. The molecule has 7 nitrogen and oxygen atoms in total. The quantitative estimate of drug-likeness (QED) is 0.422. The first-order valence-electron chi connectivity index (χ1n) is 9.31. The number of halogens is 1. The van der Waals surface area contributed by atoms with Gasteiger partial charge in [0.1, 0.15) is 11.5 Å². The van der Waals surface area contributed by atoms with Crippen molar-refractivity contribution in [3.63, 3.8) is 0 Å². The Morgan fingerprint density at radius 2 is 1.72 bits per heavy atom. The molecule has 1 aliphatic rings. The molecule has 152 valence electrons. The largest absolute Gasteiger partial charge is 0.461 e. The summed E-state index contributed by atoms with van der Waals surface area (Å²) in [5.74, 6) is -1.57. The number of hydrogen-bond donors (Lipinski definition) is 4. The van der Waals surface area contributed by atoms with E-state index in [-0.39, 0.29) is 30.1 Å². The molecule has 2 aromatic rings. The summed E-state index contributed by atoms with van der Waals surface area (Å²) in [6.45, 7) is 1.81. The summed E-state index contributed by atoms with van der Waals surface area (Å²) in [4.78, 5) is 25.0. The number of fused-ring (bicyclic) bond motifs is 1. The van der Waals surface area contributed by atoms with Gasteiger partial charge in [-0.05, 0) is 49.6 Å². The van der Waals surface area contributed by atoms with E-state index in [1.54, 1.807) is 19.1 Å². The van der Waals surface area contributed by atoms with Crippen molar-refractivity contribution in [2.24, 2.45) is 5.73 Å². The number of ether oxygens (including phenoxy) is 1. The van der Waals surface area contributed by atoms with Crippen LogP contribution in [-0.2, 0) is 20.7 Å². The number of anilines is 2. The molecule has 5 N–H and O–H groups in total. The van der Waals surface area contributed by atoms with Crippen LogP contribution in [-0.4, -0.2) is 24.8 Å². The minimum absolute atomic E-state index is 0.118. The van der Waals surface area contributed by atoms with Gasteiger partial charge in [0.2, 0.25) is 0 Å². The van der Waals surface area contributed by atoms with Crippen LogP contribution >= 0.6 is 0 Å². The second-order valence-corrected chi connectivity index (χ2v) is 6.48. The van der Waals surface area contributed by atoms with Crippen LogP contribution in [0.1, 0.15) is 18.9 Å². The number of amides is 1. The molecule has 0 saturated carbocycles. The van der Waals surface area contributed by atoms with E-state index in [4.69, 9.17) is 10.5 Å². The van der Waals surface area contributed by atoms with E-state index in [0.29, 0.717) is 6.42 Å². The molecule has 1 aliphatic heterocycles. The normalized spacial score (nSPS) is 13.6. The molecule has 0 bridgehead atoms. The second kappa shape index (κ2) is 9.09. The van der Waals surface area contributed by atoms with Crippen molar-refractivity contribution in [2.75, 3.05) is 17.2 Å². The van der Waals surface area contributed by atoms with Crippen LogP contribution in [0.5, 0.6) is 0 Å². The SMILES string of the molecule is CCOC(=O)/C(N)=C(\CCc1ccc(F)cc1)C(=O)NC1Nc2ccccc2N1. The van der Waals surface area contributed by atoms with Gasteiger partial charge in [-0.2, -0.15) is 0 Å². The van der Waals surface area contributed by atoms with Gasteiger partial charge in [0.15, 0.2) is 6.29 Å². The van der Waals surface area contributed by atoms with E-state index in [1.165, 1.54) is 12.1 Å². The van der Waals surface area contributed by atoms with Gasteiger partial charge in [0.25, 0.3) is 5.91 Å². The maximum atomic E-state index is 13.1. The predicted molar refractivity (Wildman–Crippen MR) is 108 cm³/mol. The maximum Gasteiger partial charge on any atom is 0.354 e. The third kappa shape index (κ3) is 5.04. The fourth-order valence-electron chi connectivity index (χ4n) is 3.00. The zero-order valence-electron chi connectivity index (χ0n) is 16.0. The van der Waals surface area contributed by atoms with Gasteiger partial charge < -0.3 is 26.4 Å². The Balaban J connectivity index is 1.73. The third-order valence-corrected chi connectivity index (χ3v) is 4.47. The average molecular weight is 398 g/mol. The topological polar surface area (TPSA) is 105 Å². The number of benzene rings is 2. The molecule has 0 fully saturated rings. The van der Waals surface area contributed by atoms with Crippen molar-refractivity contribution >= 4 is 23.3 Å². The fraction of sp³-hybridized carbons (Fsp3) is 0.238. The lowest BCUT2D eigenvalue weighted by Crippen LogP contribution is -2.44. The van der Waals surface area contributed by atoms with Crippen LogP contribution < -0.4 is 21.7 Å². The molecule has 1 amide bonds. The Morgan fingerprint density at radius 3 is 2.31 bits per heavy atom. The highest BCUT2D eigenvalue weighted by molar-refractivity contribution is 6.02. The van der Waals surface area contributed by atoms with Gasteiger partial charge >= 0.3 is 5.97 Å². The number of carbonyl (C=O) groups excluding carboxylic acids is 2. The van der Waals surface area contributed by atoms with Gasteiger partial charge in [-0.25, -0.2) is 9.18 Å². The van der Waals surface area contributed by atoms with E-state index in [1.807, 2.05) is 24.3 Å². The lowest BCUT2D eigenvalue weighted by molar-refractivity contribution is -0.139. The summed E-state index contributed by atoms with van der Waals surface area (Å²) in [6, 6.07) is 13.5. The molecule has 1 heterocycles. The zero-order chi connectivity index (χ0) is 20.8. The number of nitrogens with two attached hydrogens (primary N) is 1. The molecule has 0 aliphatic carbocycles. The summed E-state index contributed by atoms with van der Waals surface area (Å²) in [5, 5.41) is 9.04. The van der Waals surface area contributed by atoms with E-state index >= 15 is 0 Å². The second-order valence-electron chi connectivity index (χ2n) is 6.48. The summed E-state index contributed by atoms with van der Waals surface area (Å²) < 4.78 is 18.0. The van der Waals surface area contributed by atoms with E-state index in [2.05, 4.69) is 16.0 Å². The number of aryl methyl sites for hydroxylation is 1. The first kappa shape index (κ1) is 20.2. The van der Waals surface area contributed by atoms with Crippen LogP contribution in [0.3, 0.4) is 0 Å². The van der Waals surface area contributed by atoms with Gasteiger partial charge in [0, 0.05) is 5.57 Å². The fourth-order valence-corrected chi connectivity index (χ4v) is 3.00. The minimum atomic E-state index is -0.743. The average Bonchev–Trinajstić information content (AvgIpc) is 3.11. The van der Waals surface area contributed by atoms with E-state index in [9.17, 15) is 14.0 Å². The molecule has 0 atom stereocenters. The standard InChI is InChI=1S/C21H23FN4O3/c1-2-29-20(28)18(23)15(12-9-13-7-10-14(22)11-8-13)19(27)26-21-24-16-5-3-4-6-17(16)25-21/h3-8,10-11,21,24-25H,2,9,12,23H2,1H3,(H,26,27)/b18-15-. The predicted octanol–water partition coefficient (Wildman–Crippen LogP) is 2.47. The lowest BCUT2D eigenvalue weighted by atomic mass is 10.0. The molecular weight excluding hydrogens is 375 g/mol. The van der Waals surface area contributed by atoms with Gasteiger partial charge in [0.05, 0.1) is 18.0 Å². The Hall–Kier alpha value is -3.55. The molecule has 0 aromatic heterocycles. The van der Waals surface area contributed by atoms with Crippen molar-refractivity contribution in [3.8, 4) is 0 Å². The number of rotatable bonds is 7. The molecule has 3 rings (SSSR count). The lowest BCUT2D eigenvalue weighted by Gasteiger charge is -2.17. The summed E-state index contributed by atoms with van der Waals surface area (Å²) in [7, 11) is 0. The van der Waals surface area contributed by atoms with Crippen LogP contribution in [0, 0.1) is 5.82 Å². The van der Waals surface area contributed by atoms with Crippen molar-refractivity contribution in [1.82, 2.24) is 5.32 Å². The van der Waals surface area contributed by atoms with Crippen LogP contribution in [0.25, 0.3) is 0 Å². The van der Waals surface area contributed by atoms with Gasteiger partial charge in [-0.3, -0.25) is 4.79 Å². The molecule has 2 aromatic carbocycles. The highest BCUT2D eigenvalue weighted by atomic mass is 19.1. The summed E-state index contributed by atoms with van der Waals surface area (Å²) in [6.07, 6.45) is 0.0622. The van der Waals surface area contributed by atoms with Crippen LogP contribution in [0.2, 0.25) is 0 Å². The van der Waals surface area contributed by atoms with Crippen molar-refractivity contribution < 1.29 is 18.7 Å². The van der Waals surface area contributed by atoms with E-state index in [0.717, 1.165) is 16.9 Å². The van der Waals surface area contributed by atoms with E-state index < -0.39 is 18.2 Å². The van der Waals surface area contributed by atoms with Crippen LogP contribution in [0.15, 0.2) is 59.8 Å². The molecule has 0 spiro atoms. The molecule has 0 saturated heterocycles. The monoisotopic (exact) mass is 398 g/mol. The smallest absolute Gasteiger partial charge is 0.354 e. The highest BCUT2D eigenvalue weighted by Crippen LogP contribution is 2.27. The number of carbonyl (C=O) groups is 2.